The Kier molecular flexibility index (Phi) is 10.8. The molecule has 4 unspecified atom stereocenters. The second-order valence-electron chi connectivity index (χ2n) is 8.66. The number of amides is 4. The van der Waals surface area contributed by atoms with Gasteiger partial charge in [-0.25, -0.2) is 9.78 Å². The zero-order valence-corrected chi connectivity index (χ0v) is 20.3. The van der Waals surface area contributed by atoms with Crippen LogP contribution in [0.3, 0.4) is 0 Å². The van der Waals surface area contributed by atoms with Crippen molar-refractivity contribution in [3.63, 3.8) is 0 Å². The number of carboxylic acid groups (broad SMARTS) is 1. The molecule has 1 fully saturated rings. The predicted octanol–water partition coefficient (Wildman–Crippen LogP) is -3.75. The highest BCUT2D eigenvalue weighted by Gasteiger charge is 2.38. The zero-order valence-electron chi connectivity index (χ0n) is 20.3. The summed E-state index contributed by atoms with van der Waals surface area (Å²) in [5.41, 5.74) is 22.0. The highest BCUT2D eigenvalue weighted by molar-refractivity contribution is 5.95. The molecule has 37 heavy (non-hydrogen) atoms. The molecule has 1 aliphatic heterocycles. The summed E-state index contributed by atoms with van der Waals surface area (Å²) in [6.07, 6.45) is 3.60. The van der Waals surface area contributed by atoms with Gasteiger partial charge in [-0.15, -0.1) is 0 Å². The van der Waals surface area contributed by atoms with Gasteiger partial charge in [0.1, 0.15) is 18.1 Å². The number of carboxylic acids is 1. The Hall–Kier alpha value is -4.21. The molecule has 0 saturated carbocycles. The number of nitrogens with zero attached hydrogens (tertiary/aromatic N) is 3. The van der Waals surface area contributed by atoms with Gasteiger partial charge in [-0.1, -0.05) is 0 Å². The maximum absolute atomic E-state index is 13.3. The van der Waals surface area contributed by atoms with Gasteiger partial charge < -0.3 is 48.6 Å². The van der Waals surface area contributed by atoms with Crippen LogP contribution in [0, 0.1) is 0 Å². The fourth-order valence-electron chi connectivity index (χ4n) is 3.93. The summed E-state index contributed by atoms with van der Waals surface area (Å²) in [4.78, 5) is 73.7. The molecule has 0 radical (unpaired) electrons. The lowest BCUT2D eigenvalue weighted by atomic mass is 10.1. The molecular weight excluding hydrogens is 488 g/mol. The first-order valence-corrected chi connectivity index (χ1v) is 11.7. The SMILES string of the molecule is NC(=O)CC(N)C(=O)NC(Cc1cnc[nH]1)C(=O)NC(CCCN=C(N)N)C(=O)N1CCCC1C(=O)O. The molecule has 0 bridgehead atoms. The summed E-state index contributed by atoms with van der Waals surface area (Å²) in [5, 5.41) is 14.6. The van der Waals surface area contributed by atoms with Crippen molar-refractivity contribution >= 4 is 35.6 Å². The summed E-state index contributed by atoms with van der Waals surface area (Å²) < 4.78 is 0. The van der Waals surface area contributed by atoms with Gasteiger partial charge in [0, 0.05) is 31.4 Å². The molecule has 2 rings (SSSR count). The van der Waals surface area contributed by atoms with E-state index in [-0.39, 0.29) is 31.9 Å². The molecular formula is C21H34N10O6. The molecule has 2 heterocycles. The van der Waals surface area contributed by atoms with Gasteiger partial charge in [-0.05, 0) is 25.7 Å². The van der Waals surface area contributed by atoms with E-state index >= 15 is 0 Å². The number of carbonyl (C=O) groups excluding carboxylic acids is 4. The number of carbonyl (C=O) groups is 5. The lowest BCUT2D eigenvalue weighted by molar-refractivity contribution is -0.149. The molecule has 1 aromatic rings. The third-order valence-electron chi connectivity index (χ3n) is 5.75. The fourth-order valence-corrected chi connectivity index (χ4v) is 3.93. The molecule has 1 aliphatic rings. The maximum Gasteiger partial charge on any atom is 0.326 e. The average molecular weight is 523 g/mol. The summed E-state index contributed by atoms with van der Waals surface area (Å²) in [7, 11) is 0. The molecule has 16 nitrogen and oxygen atoms in total. The normalized spacial score (nSPS) is 17.3. The molecule has 0 spiro atoms. The van der Waals surface area contributed by atoms with E-state index in [1.807, 2.05) is 0 Å². The lowest BCUT2D eigenvalue weighted by Gasteiger charge is -2.29. The van der Waals surface area contributed by atoms with Crippen molar-refractivity contribution in [2.45, 2.75) is 62.7 Å². The second kappa shape index (κ2) is 13.8. The van der Waals surface area contributed by atoms with Crippen LogP contribution in [-0.4, -0.2) is 92.8 Å². The number of aromatic nitrogens is 2. The Balaban J connectivity index is 2.22. The van der Waals surface area contributed by atoms with Crippen molar-refractivity contribution in [3.05, 3.63) is 18.2 Å². The van der Waals surface area contributed by atoms with E-state index in [2.05, 4.69) is 25.6 Å². The third-order valence-corrected chi connectivity index (χ3v) is 5.75. The summed E-state index contributed by atoms with van der Waals surface area (Å²) >= 11 is 0. The van der Waals surface area contributed by atoms with Crippen LogP contribution in [0.2, 0.25) is 0 Å². The number of rotatable bonds is 14. The highest BCUT2D eigenvalue weighted by Crippen LogP contribution is 2.20. The van der Waals surface area contributed by atoms with E-state index < -0.39 is 60.2 Å². The van der Waals surface area contributed by atoms with Crippen LogP contribution in [0.25, 0.3) is 0 Å². The first-order valence-electron chi connectivity index (χ1n) is 11.7. The van der Waals surface area contributed by atoms with Crippen molar-refractivity contribution in [1.29, 1.82) is 0 Å². The van der Waals surface area contributed by atoms with Gasteiger partial charge in [-0.3, -0.25) is 24.2 Å². The number of aromatic amines is 1. The van der Waals surface area contributed by atoms with Crippen LogP contribution in [0.1, 0.15) is 37.8 Å². The molecule has 0 aliphatic carbocycles. The van der Waals surface area contributed by atoms with Crippen molar-refractivity contribution in [1.82, 2.24) is 25.5 Å². The number of nitrogens with two attached hydrogens (primary N) is 4. The number of hydrogen-bond acceptors (Lipinski definition) is 8. The minimum atomic E-state index is -1.28. The van der Waals surface area contributed by atoms with Gasteiger partial charge in [0.25, 0.3) is 0 Å². The monoisotopic (exact) mass is 522 g/mol. The topological polar surface area (TPSA) is 278 Å². The standard InChI is InChI=1S/C21H34N10O6/c22-12(8-16(23)32)17(33)30-14(7-11-9-26-10-28-11)18(34)29-13(3-1-5-27-21(24)25)19(35)31-6-2-4-15(31)20(36)37/h9-10,12-15H,1-8,22H2,(H2,23,32)(H,26,28)(H,29,34)(H,30,33)(H,36,37)(H4,24,25,27). The first kappa shape index (κ1) is 29.0. The van der Waals surface area contributed by atoms with Crippen LogP contribution in [0.15, 0.2) is 17.5 Å². The minimum Gasteiger partial charge on any atom is -0.480 e. The quantitative estimate of drug-likeness (QED) is 0.0671. The molecule has 0 aromatic carbocycles. The molecule has 4 amide bonds. The number of aliphatic carboxylic acids is 1. The van der Waals surface area contributed by atoms with Crippen LogP contribution in [0.4, 0.5) is 0 Å². The van der Waals surface area contributed by atoms with Gasteiger partial charge in [0.05, 0.1) is 18.8 Å². The number of guanidine groups is 1. The van der Waals surface area contributed by atoms with E-state index in [0.717, 1.165) is 0 Å². The van der Waals surface area contributed by atoms with E-state index in [0.29, 0.717) is 25.0 Å². The van der Waals surface area contributed by atoms with Crippen molar-refractivity contribution in [3.8, 4) is 0 Å². The fraction of sp³-hybridized carbons (Fsp3) is 0.571. The van der Waals surface area contributed by atoms with Crippen molar-refractivity contribution in [2.75, 3.05) is 13.1 Å². The van der Waals surface area contributed by atoms with Crippen LogP contribution in [0.5, 0.6) is 0 Å². The summed E-state index contributed by atoms with van der Waals surface area (Å²) in [5.74, 6) is -4.14. The van der Waals surface area contributed by atoms with E-state index in [4.69, 9.17) is 22.9 Å². The summed E-state index contributed by atoms with van der Waals surface area (Å²) in [6, 6.07) is -4.60. The van der Waals surface area contributed by atoms with Crippen LogP contribution >= 0.6 is 0 Å². The first-order chi connectivity index (χ1) is 17.5. The van der Waals surface area contributed by atoms with Crippen LogP contribution < -0.4 is 33.6 Å². The van der Waals surface area contributed by atoms with Gasteiger partial charge in [0.2, 0.25) is 23.6 Å². The number of hydrogen-bond donors (Lipinski definition) is 8. The Labute approximate surface area is 212 Å². The number of imidazole rings is 1. The number of likely N-dealkylation sites (tertiary alicyclic amines) is 1. The lowest BCUT2D eigenvalue weighted by Crippen LogP contribution is -2.57. The minimum absolute atomic E-state index is 0.0305. The molecule has 1 aromatic heterocycles. The molecule has 1 saturated heterocycles. The molecule has 16 heteroatoms. The molecule has 204 valence electrons. The van der Waals surface area contributed by atoms with Crippen molar-refractivity contribution in [2.24, 2.45) is 27.9 Å². The van der Waals surface area contributed by atoms with Gasteiger partial charge in [-0.2, -0.15) is 0 Å². The Bertz CT molecular complexity index is 994. The average Bonchev–Trinajstić information content (AvgIpc) is 3.51. The maximum atomic E-state index is 13.3. The van der Waals surface area contributed by atoms with E-state index in [9.17, 15) is 29.1 Å². The van der Waals surface area contributed by atoms with E-state index in [1.54, 1.807) is 0 Å². The smallest absolute Gasteiger partial charge is 0.326 e. The second-order valence-corrected chi connectivity index (χ2v) is 8.66. The predicted molar refractivity (Wildman–Crippen MR) is 130 cm³/mol. The number of aliphatic imine (C=N–C) groups is 1. The van der Waals surface area contributed by atoms with Gasteiger partial charge >= 0.3 is 5.97 Å². The largest absolute Gasteiger partial charge is 0.480 e. The Morgan fingerprint density at radius 2 is 1.86 bits per heavy atom. The number of nitrogens with one attached hydrogen (secondary N) is 3. The van der Waals surface area contributed by atoms with Crippen molar-refractivity contribution < 1.29 is 29.1 Å². The number of H-pyrrole nitrogens is 1. The van der Waals surface area contributed by atoms with Gasteiger partial charge in [0.15, 0.2) is 5.96 Å². The van der Waals surface area contributed by atoms with E-state index in [1.165, 1.54) is 17.4 Å². The Morgan fingerprint density at radius 3 is 2.46 bits per heavy atom. The summed E-state index contributed by atoms with van der Waals surface area (Å²) in [6.45, 7) is 0.410. The zero-order chi connectivity index (χ0) is 27.5. The third kappa shape index (κ3) is 9.06. The highest BCUT2D eigenvalue weighted by atomic mass is 16.4. The molecule has 4 atom stereocenters. The Morgan fingerprint density at radius 1 is 1.16 bits per heavy atom. The molecule has 12 N–H and O–H groups in total. The number of primary amides is 1. The van der Waals surface area contributed by atoms with Crippen LogP contribution in [-0.2, 0) is 30.4 Å².